The minimum absolute atomic E-state index is 0.916. The second-order valence-electron chi connectivity index (χ2n) is 13.5. The number of nitrogens with zero attached hydrogens (tertiary/aromatic N) is 2. The molecule has 1 aliphatic heterocycles. The van der Waals surface area contributed by atoms with Crippen molar-refractivity contribution in [1.82, 2.24) is 4.98 Å². The van der Waals surface area contributed by atoms with E-state index in [1.54, 1.807) is 0 Å². The first-order valence-electron chi connectivity index (χ1n) is 17.7. The van der Waals surface area contributed by atoms with Crippen molar-refractivity contribution in [3.8, 4) is 22.5 Å². The van der Waals surface area contributed by atoms with Gasteiger partial charge >= 0.3 is 0 Å². The van der Waals surface area contributed by atoms with Gasteiger partial charge in [-0.3, -0.25) is 4.99 Å². The van der Waals surface area contributed by atoms with Gasteiger partial charge in [0.1, 0.15) is 0 Å². The molecule has 0 amide bonds. The third-order valence-electron chi connectivity index (χ3n) is 10.5. The van der Waals surface area contributed by atoms with Crippen LogP contribution >= 0.6 is 0 Å². The topological polar surface area (TPSA) is 25.2 Å². The Morgan fingerprint density at radius 3 is 2.06 bits per heavy atom. The quantitative estimate of drug-likeness (QED) is 0.176. The first-order chi connectivity index (χ1) is 24.8. The largest absolute Gasteiger partial charge is 0.253 e. The summed E-state index contributed by atoms with van der Waals surface area (Å²) in [4.78, 5) is 10.7. The van der Waals surface area contributed by atoms with Crippen molar-refractivity contribution in [3.05, 3.63) is 174 Å². The van der Waals surface area contributed by atoms with E-state index in [0.29, 0.717) is 0 Å². The van der Waals surface area contributed by atoms with Crippen LogP contribution in [-0.2, 0) is 6.42 Å². The van der Waals surface area contributed by atoms with E-state index in [1.807, 2.05) is 0 Å². The minimum Gasteiger partial charge on any atom is -0.253 e. The van der Waals surface area contributed by atoms with Gasteiger partial charge in [0.05, 0.1) is 17.1 Å². The summed E-state index contributed by atoms with van der Waals surface area (Å²) in [6.07, 6.45) is 11.0. The molecule has 1 aliphatic carbocycles. The number of fused-ring (bicyclic) bond motifs is 7. The van der Waals surface area contributed by atoms with Crippen LogP contribution in [0.25, 0.3) is 77.4 Å². The number of pyridine rings is 1. The maximum Gasteiger partial charge on any atom is 0.0715 e. The molecule has 2 nitrogen and oxygen atoms in total. The molecule has 2 heterocycles. The van der Waals surface area contributed by atoms with Gasteiger partial charge in [0.2, 0.25) is 0 Å². The average molecular weight is 639 g/mol. The van der Waals surface area contributed by atoms with Crippen LogP contribution in [0.3, 0.4) is 0 Å². The van der Waals surface area contributed by atoms with Crippen LogP contribution in [-0.4, -0.2) is 10.7 Å². The van der Waals surface area contributed by atoms with Gasteiger partial charge in [0, 0.05) is 28.0 Å². The highest BCUT2D eigenvalue weighted by molar-refractivity contribution is 6.27. The Balaban J connectivity index is 1.15. The molecule has 10 rings (SSSR count). The highest BCUT2D eigenvalue weighted by atomic mass is 14.8. The van der Waals surface area contributed by atoms with E-state index in [0.717, 1.165) is 59.6 Å². The molecule has 0 spiro atoms. The van der Waals surface area contributed by atoms with E-state index < -0.39 is 0 Å². The number of aryl methyl sites for hydroxylation is 1. The van der Waals surface area contributed by atoms with Crippen LogP contribution in [0.2, 0.25) is 0 Å². The highest BCUT2D eigenvalue weighted by Gasteiger charge is 2.19. The van der Waals surface area contributed by atoms with Crippen LogP contribution in [0.15, 0.2) is 157 Å². The van der Waals surface area contributed by atoms with Crippen LogP contribution < -0.4 is 0 Å². The second-order valence-corrected chi connectivity index (χ2v) is 13.5. The summed E-state index contributed by atoms with van der Waals surface area (Å²) in [6, 6.07) is 50.8. The number of hydrogen-bond donors (Lipinski definition) is 0. The predicted molar refractivity (Wildman–Crippen MR) is 213 cm³/mol. The zero-order valence-electron chi connectivity index (χ0n) is 27.7. The number of rotatable bonds is 4. The molecule has 0 atom stereocenters. The minimum atomic E-state index is 0.916. The maximum absolute atomic E-state index is 5.38. The van der Waals surface area contributed by atoms with Crippen LogP contribution in [0.4, 0.5) is 0 Å². The monoisotopic (exact) mass is 638 g/mol. The molecule has 236 valence electrons. The summed E-state index contributed by atoms with van der Waals surface area (Å²) in [7, 11) is 0. The number of hydrogen-bond acceptors (Lipinski definition) is 2. The molecule has 0 unspecified atom stereocenters. The van der Waals surface area contributed by atoms with Crippen molar-refractivity contribution >= 4 is 60.6 Å². The molecule has 0 saturated carbocycles. The Hall–Kier alpha value is -6.12. The Kier molecular flexibility index (Phi) is 6.80. The zero-order chi connectivity index (χ0) is 33.0. The molecule has 2 heteroatoms. The fourth-order valence-corrected chi connectivity index (χ4v) is 8.08. The fourth-order valence-electron chi connectivity index (χ4n) is 8.08. The van der Waals surface area contributed by atoms with Gasteiger partial charge in [-0.05, 0) is 116 Å². The summed E-state index contributed by atoms with van der Waals surface area (Å²) in [5.41, 5.74) is 11.6. The molecule has 0 saturated heterocycles. The summed E-state index contributed by atoms with van der Waals surface area (Å²) >= 11 is 0. The standard InChI is InChI=1S/C48H34N2/c1-3-13-33-27-35(25-23-31(33)11-1)44-19-9-21-46(49-44)42-29-37-30-43(39-16-6-8-18-41(39)48(37)40-17-7-5-15-38(40)42)47-22-10-20-45(50-47)36-26-24-32-12-2-4-14-34(32)28-36/h1,3-9,11,13-21,23-30H,2,10,12,22H2. The van der Waals surface area contributed by atoms with Gasteiger partial charge in [0.15, 0.2) is 0 Å². The molecule has 1 aromatic heterocycles. The van der Waals surface area contributed by atoms with Crippen molar-refractivity contribution < 1.29 is 0 Å². The molecule has 7 aromatic carbocycles. The summed E-state index contributed by atoms with van der Waals surface area (Å²) in [5, 5.41) is 9.92. The van der Waals surface area contributed by atoms with Gasteiger partial charge in [-0.1, -0.05) is 121 Å². The van der Waals surface area contributed by atoms with Crippen molar-refractivity contribution in [2.75, 3.05) is 0 Å². The molecule has 0 bridgehead atoms. The van der Waals surface area contributed by atoms with Crippen molar-refractivity contribution in [2.24, 2.45) is 4.99 Å². The lowest BCUT2D eigenvalue weighted by molar-refractivity contribution is 0.984. The molecular weight excluding hydrogens is 605 g/mol. The Labute approximate surface area is 291 Å². The van der Waals surface area contributed by atoms with Gasteiger partial charge in [-0.15, -0.1) is 0 Å². The molecule has 2 aliphatic rings. The molecule has 0 fully saturated rings. The molecular formula is C48H34N2. The summed E-state index contributed by atoms with van der Waals surface area (Å²) in [5.74, 6) is 0. The lowest BCUT2D eigenvalue weighted by atomic mass is 9.88. The number of benzene rings is 7. The lowest BCUT2D eigenvalue weighted by Gasteiger charge is -2.19. The number of aliphatic imine (C=N–C) groups is 1. The van der Waals surface area contributed by atoms with E-state index >= 15 is 0 Å². The van der Waals surface area contributed by atoms with Crippen LogP contribution in [0, 0.1) is 0 Å². The summed E-state index contributed by atoms with van der Waals surface area (Å²) < 4.78 is 0. The molecule has 0 N–H and O–H groups in total. The van der Waals surface area contributed by atoms with Crippen molar-refractivity contribution in [2.45, 2.75) is 25.7 Å². The van der Waals surface area contributed by atoms with E-state index in [1.165, 1.54) is 65.3 Å². The van der Waals surface area contributed by atoms with Gasteiger partial charge in [-0.25, -0.2) is 4.98 Å². The van der Waals surface area contributed by atoms with E-state index in [4.69, 9.17) is 9.98 Å². The smallest absolute Gasteiger partial charge is 0.0715 e. The van der Waals surface area contributed by atoms with Crippen molar-refractivity contribution in [3.63, 3.8) is 0 Å². The number of allylic oxidation sites excluding steroid dienone is 2. The third-order valence-corrected chi connectivity index (χ3v) is 10.5. The predicted octanol–water partition coefficient (Wildman–Crippen LogP) is 12.6. The van der Waals surface area contributed by atoms with Gasteiger partial charge < -0.3 is 0 Å². The molecule has 8 aromatic rings. The maximum atomic E-state index is 5.38. The molecule has 0 radical (unpaired) electrons. The summed E-state index contributed by atoms with van der Waals surface area (Å²) in [6.45, 7) is 0. The Bertz CT molecular complexity index is 2760. The second kappa shape index (κ2) is 11.8. The van der Waals surface area contributed by atoms with Gasteiger partial charge in [-0.2, -0.15) is 0 Å². The van der Waals surface area contributed by atoms with Crippen molar-refractivity contribution in [1.29, 1.82) is 0 Å². The van der Waals surface area contributed by atoms with E-state index in [2.05, 4.69) is 158 Å². The first kappa shape index (κ1) is 28.9. The van der Waals surface area contributed by atoms with Crippen LogP contribution in [0.1, 0.15) is 41.5 Å². The lowest BCUT2D eigenvalue weighted by Crippen LogP contribution is -2.07. The highest BCUT2D eigenvalue weighted by Crippen LogP contribution is 2.41. The van der Waals surface area contributed by atoms with Crippen LogP contribution in [0.5, 0.6) is 0 Å². The third kappa shape index (κ3) is 4.87. The fraction of sp³-hybridized carbons (Fsp3) is 0.0833. The Morgan fingerprint density at radius 1 is 0.480 bits per heavy atom. The van der Waals surface area contributed by atoms with Gasteiger partial charge in [0.25, 0.3) is 0 Å². The first-order valence-corrected chi connectivity index (χ1v) is 17.7. The zero-order valence-corrected chi connectivity index (χ0v) is 27.7. The Morgan fingerprint density at radius 2 is 1.20 bits per heavy atom. The number of aromatic nitrogens is 1. The average Bonchev–Trinajstić information content (AvgIpc) is 3.19. The SMILES string of the molecule is C1=Cc2cc(C3=CCCC(c4cc5cc(-c6cccc(-c7ccc8ccccc8c7)n6)c6ccccc6c5c5ccccc45)=N3)ccc2CC1. The normalized spacial score (nSPS) is 14.2. The molecule has 50 heavy (non-hydrogen) atoms. The van der Waals surface area contributed by atoms with E-state index in [-0.39, 0.29) is 0 Å². The van der Waals surface area contributed by atoms with E-state index in [9.17, 15) is 0 Å².